The van der Waals surface area contributed by atoms with Crippen LogP contribution in [0.4, 0.5) is 0 Å². The molecule has 1 aromatic rings. The van der Waals surface area contributed by atoms with Crippen LogP contribution in [0.15, 0.2) is 12.5 Å². The number of nitrogens with zero attached hydrogens (tertiary/aromatic N) is 3. The Morgan fingerprint density at radius 3 is 2.18 bits per heavy atom. The molecule has 0 aromatic carbocycles. The summed E-state index contributed by atoms with van der Waals surface area (Å²) in [5, 5.41) is 17.2. The molecule has 0 atom stereocenters. The van der Waals surface area contributed by atoms with Gasteiger partial charge < -0.3 is 19.7 Å². The number of aryl methyl sites for hydroxylation is 1. The van der Waals surface area contributed by atoms with Crippen molar-refractivity contribution in [3.05, 3.63) is 18.2 Å². The Morgan fingerprint density at radius 2 is 1.82 bits per heavy atom. The predicted molar refractivity (Wildman–Crippen MR) is 54.4 cm³/mol. The summed E-state index contributed by atoms with van der Waals surface area (Å²) < 4.78 is 1.51. The Bertz CT molecular complexity index is 437. The van der Waals surface area contributed by atoms with Crippen molar-refractivity contribution in [2.75, 3.05) is 13.1 Å². The predicted octanol–water partition coefficient (Wildman–Crippen LogP) is -0.968. The molecule has 0 aliphatic rings. The number of carbonyl (C=O) groups excluding carboxylic acids is 1. The zero-order chi connectivity index (χ0) is 13.0. The lowest BCUT2D eigenvalue weighted by Crippen LogP contribution is -2.39. The van der Waals surface area contributed by atoms with Gasteiger partial charge in [0.1, 0.15) is 18.8 Å². The van der Waals surface area contributed by atoms with E-state index in [1.165, 1.54) is 17.1 Å². The van der Waals surface area contributed by atoms with E-state index in [2.05, 4.69) is 4.98 Å². The molecule has 8 heteroatoms. The van der Waals surface area contributed by atoms with Gasteiger partial charge in [-0.1, -0.05) is 0 Å². The molecule has 0 unspecified atom stereocenters. The maximum Gasteiger partial charge on any atom is 0.323 e. The number of carboxylic acid groups (broad SMARTS) is 2. The third kappa shape index (κ3) is 3.59. The summed E-state index contributed by atoms with van der Waals surface area (Å²) in [7, 11) is 1.64. The Balaban J connectivity index is 2.85. The van der Waals surface area contributed by atoms with Gasteiger partial charge in [0, 0.05) is 13.2 Å². The minimum absolute atomic E-state index is 0.00926. The number of carbonyl (C=O) groups is 3. The first kappa shape index (κ1) is 12.7. The van der Waals surface area contributed by atoms with Gasteiger partial charge >= 0.3 is 11.9 Å². The molecule has 0 radical (unpaired) electrons. The molecule has 1 heterocycles. The highest BCUT2D eigenvalue weighted by Crippen LogP contribution is 2.01. The van der Waals surface area contributed by atoms with Crippen molar-refractivity contribution in [1.82, 2.24) is 14.5 Å². The molecule has 0 aliphatic carbocycles. The summed E-state index contributed by atoms with van der Waals surface area (Å²) in [5.41, 5.74) is 0.00926. The molecule has 1 aromatic heterocycles. The van der Waals surface area contributed by atoms with Crippen LogP contribution in [0.2, 0.25) is 0 Å². The van der Waals surface area contributed by atoms with Gasteiger partial charge in [-0.15, -0.1) is 0 Å². The van der Waals surface area contributed by atoms with E-state index in [4.69, 9.17) is 10.2 Å². The summed E-state index contributed by atoms with van der Waals surface area (Å²) >= 11 is 0. The van der Waals surface area contributed by atoms with Gasteiger partial charge in [0.2, 0.25) is 0 Å². The van der Waals surface area contributed by atoms with Crippen LogP contribution in [0.25, 0.3) is 0 Å². The van der Waals surface area contributed by atoms with E-state index in [-0.39, 0.29) is 5.69 Å². The number of carboxylic acids is 2. The minimum Gasteiger partial charge on any atom is -0.480 e. The largest absolute Gasteiger partial charge is 0.480 e. The van der Waals surface area contributed by atoms with Crippen LogP contribution in [0, 0.1) is 0 Å². The van der Waals surface area contributed by atoms with E-state index in [1.807, 2.05) is 0 Å². The average Bonchev–Trinajstić information content (AvgIpc) is 2.61. The fourth-order valence-electron chi connectivity index (χ4n) is 1.21. The summed E-state index contributed by atoms with van der Waals surface area (Å²) in [6.07, 6.45) is 2.76. The summed E-state index contributed by atoms with van der Waals surface area (Å²) in [6.45, 7) is -1.36. The fraction of sp³-hybridized carbons (Fsp3) is 0.333. The minimum atomic E-state index is -1.28. The molecule has 0 spiro atoms. The van der Waals surface area contributed by atoms with Gasteiger partial charge in [0.15, 0.2) is 0 Å². The number of aliphatic carboxylic acids is 2. The van der Waals surface area contributed by atoms with Crippen molar-refractivity contribution >= 4 is 17.8 Å². The molecular weight excluding hydrogens is 230 g/mol. The number of aromatic nitrogens is 2. The van der Waals surface area contributed by atoms with E-state index in [9.17, 15) is 14.4 Å². The highest BCUT2D eigenvalue weighted by atomic mass is 16.4. The molecule has 8 nitrogen and oxygen atoms in total. The monoisotopic (exact) mass is 241 g/mol. The van der Waals surface area contributed by atoms with Crippen LogP contribution >= 0.6 is 0 Å². The van der Waals surface area contributed by atoms with E-state index < -0.39 is 30.9 Å². The zero-order valence-electron chi connectivity index (χ0n) is 9.03. The highest BCUT2D eigenvalue weighted by Gasteiger charge is 2.22. The quantitative estimate of drug-likeness (QED) is 0.685. The Labute approximate surface area is 96.1 Å². The molecule has 0 saturated heterocycles. The lowest BCUT2D eigenvalue weighted by molar-refractivity contribution is -0.140. The SMILES string of the molecule is Cn1cnc(C(=O)N(CC(=O)O)CC(=O)O)c1. The number of hydrogen-bond acceptors (Lipinski definition) is 4. The Hall–Kier alpha value is -2.38. The fourth-order valence-corrected chi connectivity index (χ4v) is 1.21. The van der Waals surface area contributed by atoms with Crippen LogP contribution < -0.4 is 0 Å². The van der Waals surface area contributed by atoms with Crippen LogP contribution in [-0.2, 0) is 16.6 Å². The third-order valence-corrected chi connectivity index (χ3v) is 1.86. The van der Waals surface area contributed by atoms with Crippen LogP contribution in [0.1, 0.15) is 10.5 Å². The molecule has 1 rings (SSSR count). The molecule has 17 heavy (non-hydrogen) atoms. The number of hydrogen-bond donors (Lipinski definition) is 2. The zero-order valence-corrected chi connectivity index (χ0v) is 9.03. The highest BCUT2D eigenvalue weighted by molar-refractivity contribution is 5.95. The number of amides is 1. The second kappa shape index (κ2) is 5.10. The summed E-state index contributed by atoms with van der Waals surface area (Å²) in [6, 6.07) is 0. The number of rotatable bonds is 5. The second-order valence-corrected chi connectivity index (χ2v) is 3.37. The maximum atomic E-state index is 11.8. The van der Waals surface area contributed by atoms with Crippen LogP contribution in [0.5, 0.6) is 0 Å². The van der Waals surface area contributed by atoms with Gasteiger partial charge in [-0.25, -0.2) is 4.98 Å². The van der Waals surface area contributed by atoms with Crippen LogP contribution in [-0.4, -0.2) is 55.6 Å². The second-order valence-electron chi connectivity index (χ2n) is 3.37. The Morgan fingerprint density at radius 1 is 1.29 bits per heavy atom. The smallest absolute Gasteiger partial charge is 0.323 e. The van der Waals surface area contributed by atoms with Crippen molar-refractivity contribution < 1.29 is 24.6 Å². The topological polar surface area (TPSA) is 113 Å². The van der Waals surface area contributed by atoms with E-state index in [0.717, 1.165) is 0 Å². The molecule has 0 bridgehead atoms. The molecule has 0 aliphatic heterocycles. The maximum absolute atomic E-state index is 11.8. The molecule has 0 fully saturated rings. The van der Waals surface area contributed by atoms with Gasteiger partial charge in [-0.05, 0) is 0 Å². The first-order valence-electron chi connectivity index (χ1n) is 4.61. The van der Waals surface area contributed by atoms with Crippen LogP contribution in [0.3, 0.4) is 0 Å². The summed E-state index contributed by atoms with van der Waals surface area (Å²) in [4.78, 5) is 37.2. The first-order valence-corrected chi connectivity index (χ1v) is 4.61. The van der Waals surface area contributed by atoms with Crippen molar-refractivity contribution in [3.63, 3.8) is 0 Å². The standard InChI is InChI=1S/C9H11N3O5/c1-11-2-6(10-5-11)9(17)12(3-7(13)14)4-8(15)16/h2,5H,3-4H2,1H3,(H,13,14)(H,15,16). The molecule has 2 N–H and O–H groups in total. The van der Waals surface area contributed by atoms with Crippen molar-refractivity contribution in [3.8, 4) is 0 Å². The van der Waals surface area contributed by atoms with Crippen molar-refractivity contribution in [2.45, 2.75) is 0 Å². The number of imidazole rings is 1. The van der Waals surface area contributed by atoms with E-state index >= 15 is 0 Å². The van der Waals surface area contributed by atoms with Crippen molar-refractivity contribution in [1.29, 1.82) is 0 Å². The van der Waals surface area contributed by atoms with Gasteiger partial charge in [-0.3, -0.25) is 14.4 Å². The van der Waals surface area contributed by atoms with Gasteiger partial charge in [-0.2, -0.15) is 0 Å². The molecular formula is C9H11N3O5. The van der Waals surface area contributed by atoms with E-state index in [0.29, 0.717) is 4.90 Å². The Kier molecular flexibility index (Phi) is 3.81. The lowest BCUT2D eigenvalue weighted by atomic mass is 10.3. The molecule has 1 amide bonds. The van der Waals surface area contributed by atoms with Gasteiger partial charge in [0.05, 0.1) is 6.33 Å². The summed E-state index contributed by atoms with van der Waals surface area (Å²) in [5.74, 6) is -3.29. The first-order chi connectivity index (χ1) is 7.90. The average molecular weight is 241 g/mol. The molecule has 92 valence electrons. The lowest BCUT2D eigenvalue weighted by Gasteiger charge is -2.16. The molecule has 0 saturated carbocycles. The van der Waals surface area contributed by atoms with E-state index in [1.54, 1.807) is 7.05 Å². The third-order valence-electron chi connectivity index (χ3n) is 1.86. The van der Waals surface area contributed by atoms with Gasteiger partial charge in [0.25, 0.3) is 5.91 Å². The van der Waals surface area contributed by atoms with Crippen molar-refractivity contribution in [2.24, 2.45) is 7.05 Å². The normalized spacial score (nSPS) is 9.94.